The molecule has 2 N–H and O–H groups in total. The zero-order valence-electron chi connectivity index (χ0n) is 14.6. The van der Waals surface area contributed by atoms with Crippen molar-refractivity contribution in [3.8, 4) is 5.75 Å². The van der Waals surface area contributed by atoms with Crippen LogP contribution >= 0.6 is 0 Å². The summed E-state index contributed by atoms with van der Waals surface area (Å²) in [4.78, 5) is 12.6. The summed E-state index contributed by atoms with van der Waals surface area (Å²) in [5, 5.41) is 14.8. The molecule has 0 unspecified atom stereocenters. The van der Waals surface area contributed by atoms with Crippen LogP contribution in [0.25, 0.3) is 11.0 Å². The van der Waals surface area contributed by atoms with E-state index in [2.05, 4.69) is 5.32 Å². The number of ether oxygens (including phenoxy) is 1. The Balaban J connectivity index is 1.54. The van der Waals surface area contributed by atoms with Crippen LogP contribution in [0.3, 0.4) is 0 Å². The molecule has 0 spiro atoms. The molecule has 3 aromatic rings. The second-order valence-corrected chi connectivity index (χ2v) is 6.74. The molecule has 26 heavy (non-hydrogen) atoms. The van der Waals surface area contributed by atoms with E-state index in [1.54, 1.807) is 19.2 Å². The predicted molar refractivity (Wildman–Crippen MR) is 98.2 cm³/mol. The second kappa shape index (κ2) is 6.50. The van der Waals surface area contributed by atoms with Gasteiger partial charge < -0.3 is 19.6 Å². The van der Waals surface area contributed by atoms with Crippen molar-refractivity contribution in [2.24, 2.45) is 5.92 Å². The van der Waals surface area contributed by atoms with E-state index in [1.807, 2.05) is 42.5 Å². The number of aliphatic hydroxyl groups is 1. The minimum absolute atomic E-state index is 0.148. The van der Waals surface area contributed by atoms with Gasteiger partial charge >= 0.3 is 0 Å². The summed E-state index contributed by atoms with van der Waals surface area (Å²) in [5.74, 6) is 0.607. The van der Waals surface area contributed by atoms with E-state index in [9.17, 15) is 9.90 Å². The standard InChI is InChI=1S/C21H21NO4/c1-25-17-9-5-6-14-12-18(26-19(14)17)20(23)22-13-21(24,16-10-11-16)15-7-3-2-4-8-15/h2-9,12,16,24H,10-11,13H2,1H3,(H,22,23)/t21-/m1/s1. The van der Waals surface area contributed by atoms with Crippen LogP contribution in [-0.4, -0.2) is 24.7 Å². The third kappa shape index (κ3) is 2.95. The van der Waals surface area contributed by atoms with Crippen LogP contribution in [-0.2, 0) is 5.60 Å². The lowest BCUT2D eigenvalue weighted by Gasteiger charge is -2.29. The lowest BCUT2D eigenvalue weighted by atomic mass is 9.88. The van der Waals surface area contributed by atoms with Gasteiger partial charge in [0.2, 0.25) is 0 Å². The molecule has 0 saturated heterocycles. The molecular weight excluding hydrogens is 330 g/mol. The van der Waals surface area contributed by atoms with Crippen LogP contribution in [0.4, 0.5) is 0 Å². The van der Waals surface area contributed by atoms with E-state index >= 15 is 0 Å². The van der Waals surface area contributed by atoms with E-state index in [0.29, 0.717) is 11.3 Å². The zero-order valence-corrected chi connectivity index (χ0v) is 14.6. The molecule has 1 atom stereocenters. The third-order valence-electron chi connectivity index (χ3n) is 5.00. The molecule has 1 aromatic heterocycles. The summed E-state index contributed by atoms with van der Waals surface area (Å²) in [7, 11) is 1.56. The topological polar surface area (TPSA) is 71.7 Å². The van der Waals surface area contributed by atoms with Crippen molar-refractivity contribution in [1.82, 2.24) is 5.32 Å². The average Bonchev–Trinajstić information content (AvgIpc) is 3.45. The molecular formula is C21H21NO4. The van der Waals surface area contributed by atoms with Crippen molar-refractivity contribution in [2.75, 3.05) is 13.7 Å². The molecule has 5 heteroatoms. The summed E-state index contributed by atoms with van der Waals surface area (Å²) in [5.41, 5.74) is 0.315. The number of rotatable bonds is 6. The summed E-state index contributed by atoms with van der Waals surface area (Å²) >= 11 is 0. The highest BCUT2D eigenvalue weighted by Crippen LogP contribution is 2.45. The molecule has 134 valence electrons. The van der Waals surface area contributed by atoms with Crippen molar-refractivity contribution < 1.29 is 19.1 Å². The zero-order chi connectivity index (χ0) is 18.1. The highest BCUT2D eigenvalue weighted by atomic mass is 16.5. The number of hydrogen-bond acceptors (Lipinski definition) is 4. The normalized spacial score (nSPS) is 16.2. The monoisotopic (exact) mass is 351 g/mol. The Bertz CT molecular complexity index is 930. The Morgan fingerprint density at radius 3 is 2.69 bits per heavy atom. The molecule has 0 radical (unpaired) electrons. The number of nitrogens with one attached hydrogen (secondary N) is 1. The maximum absolute atomic E-state index is 12.6. The maximum Gasteiger partial charge on any atom is 0.287 e. The van der Waals surface area contributed by atoms with Crippen LogP contribution in [0, 0.1) is 5.92 Å². The number of methoxy groups -OCH3 is 1. The summed E-state index contributed by atoms with van der Waals surface area (Å²) in [6, 6.07) is 16.7. The SMILES string of the molecule is COc1cccc2cc(C(=O)NC[C@@](O)(c3ccccc3)C3CC3)oc12. The van der Waals surface area contributed by atoms with Gasteiger partial charge in [0.25, 0.3) is 5.91 Å². The van der Waals surface area contributed by atoms with Gasteiger partial charge in [-0.2, -0.15) is 0 Å². The fraction of sp³-hybridized carbons (Fsp3) is 0.286. The van der Waals surface area contributed by atoms with Gasteiger partial charge in [0.15, 0.2) is 17.1 Å². The van der Waals surface area contributed by atoms with Crippen LogP contribution < -0.4 is 10.1 Å². The van der Waals surface area contributed by atoms with Gasteiger partial charge in [0, 0.05) is 5.39 Å². The van der Waals surface area contributed by atoms with Gasteiger partial charge in [0.05, 0.1) is 13.7 Å². The molecule has 1 aliphatic rings. The Labute approximate surface area is 151 Å². The lowest BCUT2D eigenvalue weighted by molar-refractivity contribution is 0.0132. The van der Waals surface area contributed by atoms with Crippen LogP contribution in [0.1, 0.15) is 29.0 Å². The van der Waals surface area contributed by atoms with Crippen molar-refractivity contribution in [3.63, 3.8) is 0 Å². The lowest BCUT2D eigenvalue weighted by Crippen LogP contribution is -2.42. The largest absolute Gasteiger partial charge is 0.493 e. The molecule has 5 nitrogen and oxygen atoms in total. The van der Waals surface area contributed by atoms with Gasteiger partial charge in [-0.1, -0.05) is 42.5 Å². The number of furan rings is 1. The van der Waals surface area contributed by atoms with E-state index < -0.39 is 5.60 Å². The fourth-order valence-corrected chi connectivity index (χ4v) is 3.38. The molecule has 1 fully saturated rings. The highest BCUT2D eigenvalue weighted by molar-refractivity contribution is 5.97. The van der Waals surface area contributed by atoms with Crippen molar-refractivity contribution in [1.29, 1.82) is 0 Å². The van der Waals surface area contributed by atoms with E-state index in [-0.39, 0.29) is 24.1 Å². The van der Waals surface area contributed by atoms with Crippen LogP contribution in [0.5, 0.6) is 5.75 Å². The van der Waals surface area contributed by atoms with Crippen molar-refractivity contribution in [3.05, 3.63) is 65.9 Å². The Morgan fingerprint density at radius 1 is 1.23 bits per heavy atom. The van der Waals surface area contributed by atoms with Gasteiger partial charge in [-0.25, -0.2) is 0 Å². The molecule has 0 aliphatic heterocycles. The molecule has 2 aromatic carbocycles. The van der Waals surface area contributed by atoms with E-state index in [0.717, 1.165) is 23.8 Å². The number of hydrogen-bond donors (Lipinski definition) is 2. The molecule has 1 saturated carbocycles. The molecule has 1 aliphatic carbocycles. The first-order valence-electron chi connectivity index (χ1n) is 8.74. The minimum atomic E-state index is -1.05. The smallest absolute Gasteiger partial charge is 0.287 e. The maximum atomic E-state index is 12.6. The molecule has 4 rings (SSSR count). The Kier molecular flexibility index (Phi) is 4.17. The second-order valence-electron chi connectivity index (χ2n) is 6.74. The Morgan fingerprint density at radius 2 is 2.00 bits per heavy atom. The minimum Gasteiger partial charge on any atom is -0.493 e. The number of carbonyl (C=O) groups is 1. The van der Waals surface area contributed by atoms with Gasteiger partial charge in [-0.15, -0.1) is 0 Å². The average molecular weight is 351 g/mol. The number of carbonyl (C=O) groups excluding carboxylic acids is 1. The van der Waals surface area contributed by atoms with Gasteiger partial charge in [-0.3, -0.25) is 4.79 Å². The number of fused-ring (bicyclic) bond motifs is 1. The molecule has 1 amide bonds. The Hall–Kier alpha value is -2.79. The van der Waals surface area contributed by atoms with E-state index in [1.165, 1.54) is 0 Å². The summed E-state index contributed by atoms with van der Waals surface area (Å²) in [6.45, 7) is 0.148. The number of para-hydroxylation sites is 1. The van der Waals surface area contributed by atoms with Crippen LogP contribution in [0.2, 0.25) is 0 Å². The quantitative estimate of drug-likeness (QED) is 0.713. The number of benzene rings is 2. The predicted octanol–water partition coefficient (Wildman–Crippen LogP) is 3.47. The van der Waals surface area contributed by atoms with E-state index in [4.69, 9.17) is 9.15 Å². The van der Waals surface area contributed by atoms with Gasteiger partial charge in [0.1, 0.15) is 5.60 Å². The van der Waals surface area contributed by atoms with Crippen molar-refractivity contribution >= 4 is 16.9 Å². The molecule has 1 heterocycles. The van der Waals surface area contributed by atoms with Crippen LogP contribution in [0.15, 0.2) is 59.0 Å². The third-order valence-corrected chi connectivity index (χ3v) is 5.00. The fourth-order valence-electron chi connectivity index (χ4n) is 3.38. The summed E-state index contributed by atoms with van der Waals surface area (Å²) < 4.78 is 10.9. The first-order chi connectivity index (χ1) is 12.6. The first kappa shape index (κ1) is 16.7. The molecule has 0 bridgehead atoms. The van der Waals surface area contributed by atoms with Gasteiger partial charge in [-0.05, 0) is 36.5 Å². The number of amides is 1. The highest BCUT2D eigenvalue weighted by Gasteiger charge is 2.45. The van der Waals surface area contributed by atoms with Crippen molar-refractivity contribution in [2.45, 2.75) is 18.4 Å². The summed E-state index contributed by atoms with van der Waals surface area (Å²) in [6.07, 6.45) is 1.92. The first-order valence-corrected chi connectivity index (χ1v) is 8.74.